The molecule has 0 spiro atoms. The van der Waals surface area contributed by atoms with Gasteiger partial charge in [-0.15, -0.1) is 0 Å². The third-order valence-corrected chi connectivity index (χ3v) is 4.69. The Kier molecular flexibility index (Phi) is 4.73. The number of halogens is 4. The highest BCUT2D eigenvalue weighted by molar-refractivity contribution is 6.31. The van der Waals surface area contributed by atoms with Crippen LogP contribution in [0.1, 0.15) is 31.2 Å². The first-order chi connectivity index (χ1) is 9.76. The van der Waals surface area contributed by atoms with Gasteiger partial charge in [-0.05, 0) is 43.9 Å². The van der Waals surface area contributed by atoms with Gasteiger partial charge in [-0.3, -0.25) is 0 Å². The monoisotopic (exact) mass is 320 g/mol. The van der Waals surface area contributed by atoms with Gasteiger partial charge >= 0.3 is 6.18 Å². The van der Waals surface area contributed by atoms with Crippen LogP contribution in [0.2, 0.25) is 5.02 Å². The Hall–Kier alpha value is -0.940. The Morgan fingerprint density at radius 2 is 2.14 bits per heavy atom. The maximum atomic E-state index is 13.0. The molecule has 0 heterocycles. The summed E-state index contributed by atoms with van der Waals surface area (Å²) in [6.45, 7) is 2.05. The molecule has 1 aliphatic carbocycles. The Balaban J connectivity index is 2.19. The summed E-state index contributed by atoms with van der Waals surface area (Å²) in [7, 11) is 0. The lowest BCUT2D eigenvalue weighted by Crippen LogP contribution is -2.51. The third kappa shape index (κ3) is 3.83. The van der Waals surface area contributed by atoms with Gasteiger partial charge < -0.3 is 11.1 Å². The highest BCUT2D eigenvalue weighted by atomic mass is 35.5. The van der Waals surface area contributed by atoms with E-state index in [1.54, 1.807) is 6.07 Å². The molecule has 2 atom stereocenters. The first kappa shape index (κ1) is 16.4. The van der Waals surface area contributed by atoms with Crippen molar-refractivity contribution in [3.63, 3.8) is 0 Å². The van der Waals surface area contributed by atoms with Crippen molar-refractivity contribution in [2.24, 2.45) is 11.7 Å². The van der Waals surface area contributed by atoms with Gasteiger partial charge in [0, 0.05) is 17.3 Å². The second kappa shape index (κ2) is 6.05. The zero-order valence-corrected chi connectivity index (χ0v) is 12.7. The average Bonchev–Trinajstić information content (AvgIpc) is 2.42. The van der Waals surface area contributed by atoms with Crippen molar-refractivity contribution in [1.82, 2.24) is 0 Å². The van der Waals surface area contributed by atoms with E-state index in [4.69, 9.17) is 17.3 Å². The highest BCUT2D eigenvalue weighted by Crippen LogP contribution is 2.42. The number of aryl methyl sites for hydroxylation is 1. The number of anilines is 1. The van der Waals surface area contributed by atoms with Gasteiger partial charge in [-0.25, -0.2) is 0 Å². The number of hydrogen-bond acceptors (Lipinski definition) is 2. The van der Waals surface area contributed by atoms with Crippen molar-refractivity contribution in [2.45, 2.75) is 44.3 Å². The van der Waals surface area contributed by atoms with Gasteiger partial charge in [-0.2, -0.15) is 13.2 Å². The molecule has 1 saturated carbocycles. The lowest BCUT2D eigenvalue weighted by atomic mass is 9.75. The zero-order chi connectivity index (χ0) is 15.7. The second-order valence-electron chi connectivity index (χ2n) is 5.91. The number of hydrogen-bond donors (Lipinski definition) is 2. The van der Waals surface area contributed by atoms with E-state index < -0.39 is 17.6 Å². The summed E-state index contributed by atoms with van der Waals surface area (Å²) in [5.41, 5.74) is 6.74. The van der Waals surface area contributed by atoms with E-state index in [9.17, 15) is 13.2 Å². The fraction of sp³-hybridized carbons (Fsp3) is 0.600. The molecule has 3 N–H and O–H groups in total. The van der Waals surface area contributed by atoms with Crippen molar-refractivity contribution >= 4 is 17.3 Å². The highest BCUT2D eigenvalue weighted by Gasteiger charge is 2.47. The standard InChI is InChI=1S/C15H20ClF3N2/c1-10-4-5-12(7-13(10)16)21-14(9-20)6-2-3-11(8-14)15(17,18)19/h4-5,7,11,21H,2-3,6,8-9,20H2,1H3. The molecule has 2 rings (SSSR count). The minimum Gasteiger partial charge on any atom is -0.378 e. The molecular formula is C15H20ClF3N2. The molecule has 0 aromatic heterocycles. The molecule has 1 aliphatic rings. The van der Waals surface area contributed by atoms with E-state index >= 15 is 0 Å². The van der Waals surface area contributed by atoms with Crippen LogP contribution in [0.15, 0.2) is 18.2 Å². The van der Waals surface area contributed by atoms with E-state index in [2.05, 4.69) is 5.32 Å². The maximum absolute atomic E-state index is 13.0. The lowest BCUT2D eigenvalue weighted by molar-refractivity contribution is -0.185. The summed E-state index contributed by atoms with van der Waals surface area (Å²) in [5, 5.41) is 3.80. The average molecular weight is 321 g/mol. The molecule has 118 valence electrons. The number of rotatable bonds is 3. The van der Waals surface area contributed by atoms with Crippen molar-refractivity contribution in [2.75, 3.05) is 11.9 Å². The topological polar surface area (TPSA) is 38.0 Å². The first-order valence-electron chi connectivity index (χ1n) is 7.07. The molecule has 2 unspecified atom stereocenters. The number of nitrogens with one attached hydrogen (secondary N) is 1. The molecule has 0 amide bonds. The quantitative estimate of drug-likeness (QED) is 0.860. The fourth-order valence-corrected chi connectivity index (χ4v) is 3.15. The van der Waals surface area contributed by atoms with Crippen LogP contribution in [0.5, 0.6) is 0 Å². The Labute approximate surface area is 127 Å². The molecule has 1 aromatic carbocycles. The lowest BCUT2D eigenvalue weighted by Gasteiger charge is -2.42. The summed E-state index contributed by atoms with van der Waals surface area (Å²) in [5.74, 6) is -1.29. The van der Waals surface area contributed by atoms with Crippen molar-refractivity contribution in [1.29, 1.82) is 0 Å². The molecule has 21 heavy (non-hydrogen) atoms. The SMILES string of the molecule is Cc1ccc(NC2(CN)CCCC(C(F)(F)F)C2)cc1Cl. The summed E-state index contributed by atoms with van der Waals surface area (Å²) in [6, 6.07) is 5.42. The normalized spacial score (nSPS) is 26.7. The molecule has 2 nitrogen and oxygen atoms in total. The molecule has 1 aromatic rings. The van der Waals surface area contributed by atoms with Crippen molar-refractivity contribution < 1.29 is 13.2 Å². The predicted octanol–water partition coefficient (Wildman–Crippen LogP) is 4.51. The minimum atomic E-state index is -4.16. The van der Waals surface area contributed by atoms with E-state index in [1.165, 1.54) is 0 Å². The predicted molar refractivity (Wildman–Crippen MR) is 79.6 cm³/mol. The fourth-order valence-electron chi connectivity index (χ4n) is 2.97. The van der Waals surface area contributed by atoms with Crippen molar-refractivity contribution in [3.8, 4) is 0 Å². The number of alkyl halides is 3. The maximum Gasteiger partial charge on any atom is 0.391 e. The summed E-state index contributed by atoms with van der Waals surface area (Å²) < 4.78 is 39.0. The molecule has 0 radical (unpaired) electrons. The van der Waals surface area contributed by atoms with E-state index in [0.29, 0.717) is 17.9 Å². The molecule has 0 aliphatic heterocycles. The zero-order valence-electron chi connectivity index (χ0n) is 11.9. The summed E-state index contributed by atoms with van der Waals surface area (Å²) >= 11 is 6.07. The van der Waals surface area contributed by atoms with Crippen LogP contribution in [0.25, 0.3) is 0 Å². The molecule has 0 bridgehead atoms. The van der Waals surface area contributed by atoms with Gasteiger partial charge in [0.1, 0.15) is 0 Å². The van der Waals surface area contributed by atoms with E-state index in [1.807, 2.05) is 19.1 Å². The Bertz CT molecular complexity index is 504. The van der Waals surface area contributed by atoms with Gasteiger partial charge in [0.25, 0.3) is 0 Å². The van der Waals surface area contributed by atoms with Crippen LogP contribution in [0, 0.1) is 12.8 Å². The first-order valence-corrected chi connectivity index (χ1v) is 7.45. The summed E-state index contributed by atoms with van der Waals surface area (Å²) in [4.78, 5) is 0. The van der Waals surface area contributed by atoms with Crippen LogP contribution in [0.3, 0.4) is 0 Å². The van der Waals surface area contributed by atoms with Crippen LogP contribution in [-0.2, 0) is 0 Å². The van der Waals surface area contributed by atoms with E-state index in [-0.39, 0.29) is 19.4 Å². The van der Waals surface area contributed by atoms with Crippen LogP contribution in [0.4, 0.5) is 18.9 Å². The molecule has 0 saturated heterocycles. The molecule has 6 heteroatoms. The smallest absolute Gasteiger partial charge is 0.378 e. The van der Waals surface area contributed by atoms with Gasteiger partial charge in [-0.1, -0.05) is 24.1 Å². The van der Waals surface area contributed by atoms with Crippen LogP contribution >= 0.6 is 11.6 Å². The summed E-state index contributed by atoms with van der Waals surface area (Å²) in [6.07, 6.45) is -2.80. The van der Waals surface area contributed by atoms with Crippen LogP contribution < -0.4 is 11.1 Å². The minimum absolute atomic E-state index is 0.0124. The van der Waals surface area contributed by atoms with Gasteiger partial charge in [0.15, 0.2) is 0 Å². The largest absolute Gasteiger partial charge is 0.391 e. The number of benzene rings is 1. The third-order valence-electron chi connectivity index (χ3n) is 4.28. The van der Waals surface area contributed by atoms with E-state index in [0.717, 1.165) is 11.3 Å². The molecule has 1 fully saturated rings. The number of nitrogens with two attached hydrogens (primary N) is 1. The van der Waals surface area contributed by atoms with Gasteiger partial charge in [0.2, 0.25) is 0 Å². The van der Waals surface area contributed by atoms with Crippen molar-refractivity contribution in [3.05, 3.63) is 28.8 Å². The van der Waals surface area contributed by atoms with Crippen LogP contribution in [-0.4, -0.2) is 18.3 Å². The Morgan fingerprint density at radius 1 is 1.43 bits per heavy atom. The van der Waals surface area contributed by atoms with Gasteiger partial charge in [0.05, 0.1) is 11.5 Å². The Morgan fingerprint density at radius 3 is 2.71 bits per heavy atom. The molecular weight excluding hydrogens is 301 g/mol. The second-order valence-corrected chi connectivity index (χ2v) is 6.32.